The number of aromatic nitrogens is 4. The fourth-order valence-corrected chi connectivity index (χ4v) is 5.42. The second kappa shape index (κ2) is 11.2. The zero-order valence-electron chi connectivity index (χ0n) is 22.1. The van der Waals surface area contributed by atoms with Crippen molar-refractivity contribution >= 4 is 5.78 Å². The fourth-order valence-electron chi connectivity index (χ4n) is 5.42. The molecule has 0 amide bonds. The van der Waals surface area contributed by atoms with Crippen LogP contribution in [0.25, 0.3) is 17.2 Å². The molecule has 2 bridgehead atoms. The van der Waals surface area contributed by atoms with Crippen LogP contribution in [-0.4, -0.2) is 69.0 Å². The van der Waals surface area contributed by atoms with Crippen LogP contribution in [0.4, 0.5) is 4.39 Å². The Morgan fingerprint density at radius 2 is 1.95 bits per heavy atom. The summed E-state index contributed by atoms with van der Waals surface area (Å²) >= 11 is 0. The fraction of sp³-hybridized carbons (Fsp3) is 0.500. The van der Waals surface area contributed by atoms with Gasteiger partial charge in [-0.15, -0.1) is 5.10 Å². The van der Waals surface area contributed by atoms with Crippen molar-refractivity contribution in [3.05, 3.63) is 58.4 Å². The number of rotatable bonds is 10. The van der Waals surface area contributed by atoms with Crippen LogP contribution in [-0.2, 0) is 22.5 Å². The van der Waals surface area contributed by atoms with Gasteiger partial charge in [0.05, 0.1) is 26.9 Å². The minimum Gasteiger partial charge on any atom is -0.494 e. The van der Waals surface area contributed by atoms with Gasteiger partial charge in [-0.1, -0.05) is 19.9 Å². The van der Waals surface area contributed by atoms with E-state index in [-0.39, 0.29) is 29.8 Å². The predicted octanol–water partition coefficient (Wildman–Crippen LogP) is 3.26. The van der Waals surface area contributed by atoms with Gasteiger partial charge in [0.25, 0.3) is 0 Å². The number of Topliss-reactive ketones (excluding diaryl/α,β-unsaturated/α-hetero) is 1. The quantitative estimate of drug-likeness (QED) is 0.403. The Hall–Kier alpha value is -3.37. The van der Waals surface area contributed by atoms with E-state index in [0.717, 1.165) is 31.7 Å². The molecule has 10 heteroatoms. The first kappa shape index (κ1) is 26.2. The number of ether oxygens (including phenoxy) is 2. The molecule has 2 saturated heterocycles. The summed E-state index contributed by atoms with van der Waals surface area (Å²) in [5.74, 6) is 0.181. The lowest BCUT2D eigenvalue weighted by molar-refractivity contribution is -0.120. The third kappa shape index (κ3) is 5.42. The van der Waals surface area contributed by atoms with E-state index in [1.54, 1.807) is 12.3 Å². The third-order valence-corrected chi connectivity index (χ3v) is 7.32. The molecule has 2 aliphatic heterocycles. The molecule has 2 fully saturated rings. The summed E-state index contributed by atoms with van der Waals surface area (Å²) in [6.45, 7) is 6.33. The molecule has 2 unspecified atom stereocenters. The van der Waals surface area contributed by atoms with Gasteiger partial charge in [-0.25, -0.2) is 14.2 Å². The number of carbonyl (C=O) groups is 1. The van der Waals surface area contributed by atoms with Crippen molar-refractivity contribution in [3.8, 4) is 23.0 Å². The molecule has 0 saturated carbocycles. The molecule has 1 aromatic carbocycles. The van der Waals surface area contributed by atoms with Crippen LogP contribution in [0.5, 0.6) is 5.75 Å². The predicted molar refractivity (Wildman–Crippen MR) is 140 cm³/mol. The van der Waals surface area contributed by atoms with Crippen LogP contribution in [0.1, 0.15) is 38.7 Å². The number of hydrogen-bond donors (Lipinski definition) is 0. The van der Waals surface area contributed by atoms with Crippen molar-refractivity contribution in [2.45, 2.75) is 58.2 Å². The maximum absolute atomic E-state index is 14.1. The highest BCUT2D eigenvalue weighted by molar-refractivity contribution is 5.79. The normalized spacial score (nSPS) is 19.3. The Kier molecular flexibility index (Phi) is 7.71. The van der Waals surface area contributed by atoms with E-state index in [2.05, 4.69) is 15.0 Å². The van der Waals surface area contributed by atoms with Crippen molar-refractivity contribution < 1.29 is 18.7 Å². The van der Waals surface area contributed by atoms with Gasteiger partial charge in [0, 0.05) is 36.8 Å². The van der Waals surface area contributed by atoms with Crippen LogP contribution in [0.15, 0.2) is 41.3 Å². The number of methoxy groups -OCH3 is 1. The van der Waals surface area contributed by atoms with E-state index in [9.17, 15) is 14.0 Å². The Morgan fingerprint density at radius 3 is 2.61 bits per heavy atom. The van der Waals surface area contributed by atoms with Gasteiger partial charge < -0.3 is 9.47 Å². The molecule has 38 heavy (non-hydrogen) atoms. The molecule has 3 aromatic rings. The second-order valence-corrected chi connectivity index (χ2v) is 10.5. The zero-order chi connectivity index (χ0) is 26.8. The Morgan fingerprint density at radius 1 is 1.18 bits per heavy atom. The van der Waals surface area contributed by atoms with Gasteiger partial charge in [-0.05, 0) is 55.0 Å². The Bertz CT molecular complexity index is 1330. The molecule has 4 heterocycles. The first-order chi connectivity index (χ1) is 18.3. The molecule has 0 spiro atoms. The summed E-state index contributed by atoms with van der Waals surface area (Å²) in [7, 11) is 1.37. The zero-order valence-corrected chi connectivity index (χ0v) is 22.1. The Labute approximate surface area is 221 Å². The molecule has 9 nitrogen and oxygen atoms in total. The van der Waals surface area contributed by atoms with Crippen LogP contribution in [0.3, 0.4) is 0 Å². The number of benzene rings is 1. The molecule has 2 aliphatic rings. The van der Waals surface area contributed by atoms with Crippen LogP contribution < -0.4 is 10.4 Å². The number of hydrogen-bond acceptors (Lipinski definition) is 7. The molecule has 0 aliphatic carbocycles. The van der Waals surface area contributed by atoms with Crippen molar-refractivity contribution in [2.75, 3.05) is 26.9 Å². The lowest BCUT2D eigenvalue weighted by Gasteiger charge is -2.34. The minimum absolute atomic E-state index is 0.0285. The van der Waals surface area contributed by atoms with Crippen LogP contribution in [0.2, 0.25) is 0 Å². The SMILES string of the molecule is COc1cc(-c2nn(-c3ccc(CCN4C5CCC4COC5)cn3)c(=O)n2CC(=O)CC(C)C)ccc1F. The average Bonchev–Trinajstić information content (AvgIpc) is 3.32. The highest BCUT2D eigenvalue weighted by Gasteiger charge is 2.36. The molecular formula is C28H34FN5O4. The van der Waals surface area contributed by atoms with Gasteiger partial charge in [0.15, 0.2) is 29.0 Å². The molecule has 0 N–H and O–H groups in total. The molecule has 2 aromatic heterocycles. The first-order valence-electron chi connectivity index (χ1n) is 13.2. The number of morpholine rings is 1. The van der Waals surface area contributed by atoms with Gasteiger partial charge in [0.1, 0.15) is 0 Å². The van der Waals surface area contributed by atoms with Crippen molar-refractivity contribution in [1.29, 1.82) is 0 Å². The second-order valence-electron chi connectivity index (χ2n) is 10.5. The van der Waals surface area contributed by atoms with E-state index < -0.39 is 11.5 Å². The number of nitrogens with zero attached hydrogens (tertiary/aromatic N) is 5. The Balaban J connectivity index is 1.41. The molecule has 202 valence electrons. The summed E-state index contributed by atoms with van der Waals surface area (Å²) in [4.78, 5) is 33.2. The van der Waals surface area contributed by atoms with Crippen molar-refractivity contribution in [2.24, 2.45) is 5.92 Å². The maximum Gasteiger partial charge on any atom is 0.352 e. The smallest absolute Gasteiger partial charge is 0.352 e. The first-order valence-corrected chi connectivity index (χ1v) is 13.2. The van der Waals surface area contributed by atoms with E-state index >= 15 is 0 Å². The van der Waals surface area contributed by atoms with Crippen molar-refractivity contribution in [1.82, 2.24) is 24.2 Å². The third-order valence-electron chi connectivity index (χ3n) is 7.32. The summed E-state index contributed by atoms with van der Waals surface area (Å²) in [6, 6.07) is 8.98. The largest absolute Gasteiger partial charge is 0.494 e. The number of halogens is 1. The summed E-state index contributed by atoms with van der Waals surface area (Å²) in [5.41, 5.74) is 1.06. The van der Waals surface area contributed by atoms with E-state index in [1.807, 2.05) is 19.9 Å². The lowest BCUT2D eigenvalue weighted by atomic mass is 10.1. The molecule has 2 atom stereocenters. The summed E-state index contributed by atoms with van der Waals surface area (Å²) in [6.07, 6.45) is 5.34. The topological polar surface area (TPSA) is 91.5 Å². The standard InChI is InChI=1S/C28H34FN5O4/c1-18(2)12-23(35)15-33-27(20-5-8-24(29)25(13-20)37-3)31-34(28(33)36)26-9-4-19(14-30-26)10-11-32-21-6-7-22(32)17-38-16-21/h4-5,8-9,13-14,18,21-22H,6-7,10-12,15-17H2,1-3H3. The number of ketones is 1. The molecular weight excluding hydrogens is 489 g/mol. The summed E-state index contributed by atoms with van der Waals surface area (Å²) in [5, 5.41) is 4.52. The minimum atomic E-state index is -0.525. The monoisotopic (exact) mass is 523 g/mol. The van der Waals surface area contributed by atoms with Gasteiger partial charge in [-0.2, -0.15) is 4.68 Å². The van der Waals surface area contributed by atoms with Gasteiger partial charge >= 0.3 is 5.69 Å². The highest BCUT2D eigenvalue weighted by Crippen LogP contribution is 2.29. The van der Waals surface area contributed by atoms with Gasteiger partial charge in [-0.3, -0.25) is 14.3 Å². The number of fused-ring (bicyclic) bond motifs is 2. The highest BCUT2D eigenvalue weighted by atomic mass is 19.1. The number of pyridine rings is 1. The van der Waals surface area contributed by atoms with E-state index in [0.29, 0.717) is 29.9 Å². The van der Waals surface area contributed by atoms with Crippen molar-refractivity contribution in [3.63, 3.8) is 0 Å². The lowest BCUT2D eigenvalue weighted by Crippen LogP contribution is -2.46. The number of carbonyl (C=O) groups excluding carboxylic acids is 1. The van der Waals surface area contributed by atoms with Gasteiger partial charge in [0.2, 0.25) is 0 Å². The van der Waals surface area contributed by atoms with Crippen LogP contribution in [0, 0.1) is 11.7 Å². The average molecular weight is 524 g/mol. The maximum atomic E-state index is 14.1. The van der Waals surface area contributed by atoms with E-state index in [1.165, 1.54) is 47.4 Å². The summed E-state index contributed by atoms with van der Waals surface area (Å²) < 4.78 is 27.4. The van der Waals surface area contributed by atoms with E-state index in [4.69, 9.17) is 9.47 Å². The molecule has 5 rings (SSSR count). The molecule has 0 radical (unpaired) electrons. The van der Waals surface area contributed by atoms with Crippen LogP contribution >= 0.6 is 0 Å².